The Hall–Kier alpha value is -0.840. The molecule has 0 N–H and O–H groups in total. The molecule has 3 fully saturated rings. The van der Waals surface area contributed by atoms with E-state index in [0.29, 0.717) is 23.3 Å². The maximum atomic E-state index is 14.8. The van der Waals surface area contributed by atoms with E-state index in [1.54, 1.807) is 0 Å². The predicted octanol–water partition coefficient (Wildman–Crippen LogP) is 5.44. The van der Waals surface area contributed by atoms with Crippen LogP contribution in [0.3, 0.4) is 0 Å². The summed E-state index contributed by atoms with van der Waals surface area (Å²) in [5.74, 6) is 1.95. The minimum Gasteiger partial charge on any atom is -0.202 e. The van der Waals surface area contributed by atoms with E-state index in [9.17, 15) is 8.78 Å². The van der Waals surface area contributed by atoms with Gasteiger partial charge in [0.15, 0.2) is 0 Å². The minimum atomic E-state index is -2.57. The number of fused-ring (bicyclic) bond motifs is 5. The summed E-state index contributed by atoms with van der Waals surface area (Å²) in [5, 5.41) is 0. The number of halogens is 2. The molecule has 0 saturated heterocycles. The molecule has 4 aliphatic carbocycles. The van der Waals surface area contributed by atoms with Gasteiger partial charge in [-0.1, -0.05) is 13.0 Å². The van der Waals surface area contributed by atoms with Gasteiger partial charge in [0.2, 0.25) is 0 Å². The van der Waals surface area contributed by atoms with E-state index in [4.69, 9.17) is 6.42 Å². The smallest absolute Gasteiger partial charge is 0.202 e. The van der Waals surface area contributed by atoms with Crippen LogP contribution in [0.2, 0.25) is 0 Å². The molecular formula is C20H26F2. The highest BCUT2D eigenvalue weighted by Crippen LogP contribution is 2.65. The largest absolute Gasteiger partial charge is 0.269 e. The lowest BCUT2D eigenvalue weighted by molar-refractivity contribution is -0.0991. The maximum Gasteiger partial charge on any atom is 0.269 e. The zero-order chi connectivity index (χ0) is 15.5. The fourth-order valence-corrected chi connectivity index (χ4v) is 6.57. The third-order valence-corrected chi connectivity index (χ3v) is 7.61. The van der Waals surface area contributed by atoms with Crippen molar-refractivity contribution in [3.8, 4) is 12.3 Å². The molecule has 2 heteroatoms. The van der Waals surface area contributed by atoms with Gasteiger partial charge < -0.3 is 0 Å². The van der Waals surface area contributed by atoms with Gasteiger partial charge in [-0.2, -0.15) is 0 Å². The van der Waals surface area contributed by atoms with Gasteiger partial charge in [0.25, 0.3) is 5.92 Å². The fourth-order valence-electron chi connectivity index (χ4n) is 6.57. The summed E-state index contributed by atoms with van der Waals surface area (Å²) < 4.78 is 29.5. The molecule has 22 heavy (non-hydrogen) atoms. The Labute approximate surface area is 132 Å². The van der Waals surface area contributed by atoms with E-state index in [1.807, 2.05) is 6.08 Å². The van der Waals surface area contributed by atoms with Crippen LogP contribution in [0.25, 0.3) is 0 Å². The maximum absolute atomic E-state index is 14.8. The van der Waals surface area contributed by atoms with E-state index >= 15 is 0 Å². The first kappa shape index (κ1) is 14.7. The van der Waals surface area contributed by atoms with E-state index in [2.05, 4.69) is 12.8 Å². The molecule has 0 aliphatic heterocycles. The molecule has 0 bridgehead atoms. The number of allylic oxidation sites excluding steroid dienone is 2. The van der Waals surface area contributed by atoms with Gasteiger partial charge in [-0.25, -0.2) is 8.78 Å². The first-order chi connectivity index (χ1) is 10.5. The summed E-state index contributed by atoms with van der Waals surface area (Å²) in [6, 6.07) is 0. The number of terminal acetylenes is 1. The number of hydrogen-bond donors (Lipinski definition) is 0. The molecule has 0 heterocycles. The Bertz CT molecular complexity index is 540. The van der Waals surface area contributed by atoms with Gasteiger partial charge in [-0.05, 0) is 79.6 Å². The van der Waals surface area contributed by atoms with Gasteiger partial charge in [0.1, 0.15) is 0 Å². The molecule has 120 valence electrons. The Morgan fingerprint density at radius 1 is 1.18 bits per heavy atom. The van der Waals surface area contributed by atoms with Crippen LogP contribution in [-0.4, -0.2) is 5.92 Å². The van der Waals surface area contributed by atoms with Crippen LogP contribution in [0.5, 0.6) is 0 Å². The van der Waals surface area contributed by atoms with Crippen LogP contribution in [0, 0.1) is 47.3 Å². The third-order valence-electron chi connectivity index (χ3n) is 7.61. The summed E-state index contributed by atoms with van der Waals surface area (Å²) in [6.45, 7) is 2.29. The van der Waals surface area contributed by atoms with Crippen LogP contribution in [0.4, 0.5) is 8.78 Å². The Morgan fingerprint density at radius 2 is 2.00 bits per heavy atom. The topological polar surface area (TPSA) is 0 Å². The van der Waals surface area contributed by atoms with E-state index in [0.717, 1.165) is 44.9 Å². The van der Waals surface area contributed by atoms with Crippen molar-refractivity contribution in [1.82, 2.24) is 0 Å². The molecule has 0 nitrogen and oxygen atoms in total. The summed E-state index contributed by atoms with van der Waals surface area (Å²) in [6.07, 6.45) is 15.0. The zero-order valence-corrected chi connectivity index (χ0v) is 13.5. The quantitative estimate of drug-likeness (QED) is 0.413. The van der Waals surface area contributed by atoms with E-state index in [1.165, 1.54) is 0 Å². The van der Waals surface area contributed by atoms with Crippen molar-refractivity contribution < 1.29 is 8.78 Å². The molecule has 0 aromatic rings. The number of alkyl halides is 2. The van der Waals surface area contributed by atoms with Crippen LogP contribution in [0.1, 0.15) is 58.3 Å². The van der Waals surface area contributed by atoms with Gasteiger partial charge in [0, 0.05) is 12.3 Å². The molecular weight excluding hydrogens is 278 g/mol. The SMILES string of the molecule is C#C[C@@H]1CC[C@H]2[C@@H]3CC(F)(F)C4=CCCC[C@@H]4[C@H]3CC[C@]12C. The van der Waals surface area contributed by atoms with Crippen LogP contribution in [0.15, 0.2) is 11.6 Å². The van der Waals surface area contributed by atoms with Crippen molar-refractivity contribution in [1.29, 1.82) is 0 Å². The predicted molar refractivity (Wildman–Crippen MR) is 84.4 cm³/mol. The average molecular weight is 304 g/mol. The first-order valence-electron chi connectivity index (χ1n) is 9.02. The van der Waals surface area contributed by atoms with Crippen molar-refractivity contribution in [2.24, 2.45) is 35.0 Å². The molecule has 6 atom stereocenters. The first-order valence-corrected chi connectivity index (χ1v) is 9.02. The second-order valence-corrected chi connectivity index (χ2v) is 8.38. The van der Waals surface area contributed by atoms with Gasteiger partial charge in [-0.3, -0.25) is 0 Å². The second kappa shape index (κ2) is 4.83. The summed E-state index contributed by atoms with van der Waals surface area (Å²) in [7, 11) is 0. The molecule has 0 amide bonds. The molecule has 0 aromatic carbocycles. The molecule has 3 saturated carbocycles. The average Bonchev–Trinajstić information content (AvgIpc) is 2.84. The van der Waals surface area contributed by atoms with Gasteiger partial charge in [-0.15, -0.1) is 12.3 Å². The van der Waals surface area contributed by atoms with Crippen molar-refractivity contribution in [3.05, 3.63) is 11.6 Å². The molecule has 4 aliphatic rings. The Morgan fingerprint density at radius 3 is 2.77 bits per heavy atom. The van der Waals surface area contributed by atoms with Crippen molar-refractivity contribution >= 4 is 0 Å². The summed E-state index contributed by atoms with van der Waals surface area (Å²) in [4.78, 5) is 0. The van der Waals surface area contributed by atoms with Crippen molar-refractivity contribution in [2.75, 3.05) is 0 Å². The highest BCUT2D eigenvalue weighted by molar-refractivity contribution is 5.26. The Kier molecular flexibility index (Phi) is 3.23. The van der Waals surface area contributed by atoms with Crippen LogP contribution in [-0.2, 0) is 0 Å². The van der Waals surface area contributed by atoms with Gasteiger partial charge >= 0.3 is 0 Å². The van der Waals surface area contributed by atoms with E-state index in [-0.39, 0.29) is 23.7 Å². The highest BCUT2D eigenvalue weighted by Gasteiger charge is 2.60. The normalized spacial score (nSPS) is 49.4. The monoisotopic (exact) mass is 304 g/mol. The summed E-state index contributed by atoms with van der Waals surface area (Å²) in [5.41, 5.74) is 0.608. The standard InChI is InChI=1S/C20H26F2/c1-3-13-8-9-17-16-12-20(21,22)18-7-5-4-6-15(18)14(16)10-11-19(13,17)2/h1,7,13-17H,4-6,8-12H2,2H3/t13-,14-,15-,16-,17+,19-/m1/s1. The molecule has 4 rings (SSSR count). The third kappa shape index (κ3) is 1.87. The van der Waals surface area contributed by atoms with Gasteiger partial charge in [0.05, 0.1) is 0 Å². The molecule has 0 spiro atoms. The second-order valence-electron chi connectivity index (χ2n) is 8.38. The molecule has 0 aromatic heterocycles. The minimum absolute atomic E-state index is 0.0809. The molecule has 0 radical (unpaired) electrons. The lowest BCUT2D eigenvalue weighted by atomic mass is 9.50. The zero-order valence-electron chi connectivity index (χ0n) is 13.5. The van der Waals surface area contributed by atoms with Crippen molar-refractivity contribution in [2.45, 2.75) is 64.2 Å². The molecule has 0 unspecified atom stereocenters. The highest BCUT2D eigenvalue weighted by atomic mass is 19.3. The summed E-state index contributed by atoms with van der Waals surface area (Å²) >= 11 is 0. The lowest BCUT2D eigenvalue weighted by Gasteiger charge is -2.55. The van der Waals surface area contributed by atoms with Crippen LogP contribution < -0.4 is 0 Å². The number of rotatable bonds is 0. The Balaban J connectivity index is 1.70. The van der Waals surface area contributed by atoms with Crippen molar-refractivity contribution in [3.63, 3.8) is 0 Å². The van der Waals surface area contributed by atoms with Crippen LogP contribution >= 0.6 is 0 Å². The lowest BCUT2D eigenvalue weighted by Crippen LogP contribution is -2.51. The fraction of sp³-hybridized carbons (Fsp3) is 0.800. The van der Waals surface area contributed by atoms with E-state index < -0.39 is 5.92 Å². The number of hydrogen-bond acceptors (Lipinski definition) is 0.